The van der Waals surface area contributed by atoms with Crippen LogP contribution in [0.25, 0.3) is 11.1 Å². The summed E-state index contributed by atoms with van der Waals surface area (Å²) in [6, 6.07) is 9.83. The van der Waals surface area contributed by atoms with Crippen LogP contribution in [-0.2, 0) is 4.79 Å². The van der Waals surface area contributed by atoms with Gasteiger partial charge in [0, 0.05) is 30.9 Å². The molecule has 1 fully saturated rings. The first kappa shape index (κ1) is 18.6. The number of piperidine rings is 1. The van der Waals surface area contributed by atoms with Crippen molar-refractivity contribution < 1.29 is 19.1 Å². The molecule has 1 aromatic heterocycles. The molecule has 2 amide bonds. The van der Waals surface area contributed by atoms with Gasteiger partial charge in [-0.15, -0.1) is 0 Å². The molecule has 27 heavy (non-hydrogen) atoms. The van der Waals surface area contributed by atoms with Gasteiger partial charge < -0.3 is 15.7 Å². The van der Waals surface area contributed by atoms with E-state index < -0.39 is 12.0 Å². The maximum Gasteiger partial charge on any atom is 0.408 e. The van der Waals surface area contributed by atoms with Gasteiger partial charge in [0.1, 0.15) is 18.2 Å². The molecule has 7 nitrogen and oxygen atoms in total. The predicted molar refractivity (Wildman–Crippen MR) is 98.8 cm³/mol. The van der Waals surface area contributed by atoms with Gasteiger partial charge in [-0.1, -0.05) is 12.1 Å². The molecule has 1 aliphatic heterocycles. The average molecular weight is 372 g/mol. The van der Waals surface area contributed by atoms with Gasteiger partial charge in [0.05, 0.1) is 0 Å². The Labute approximate surface area is 156 Å². The molecule has 0 aliphatic carbocycles. The summed E-state index contributed by atoms with van der Waals surface area (Å²) in [5.74, 6) is -0.132. The molecule has 2 heterocycles. The molecule has 0 unspecified atom stereocenters. The molecule has 1 aromatic carbocycles. The number of benzene rings is 1. The van der Waals surface area contributed by atoms with E-state index in [-0.39, 0.29) is 18.4 Å². The number of nitrogens with zero attached hydrogens (tertiary/aromatic N) is 3. The highest BCUT2D eigenvalue weighted by Crippen LogP contribution is 2.24. The number of amides is 2. The lowest BCUT2D eigenvalue weighted by molar-refractivity contribution is -0.119. The fourth-order valence-electron chi connectivity index (χ4n) is 3.31. The van der Waals surface area contributed by atoms with Crippen molar-refractivity contribution in [1.82, 2.24) is 9.88 Å². The summed E-state index contributed by atoms with van der Waals surface area (Å²) in [5, 5.41) is 9.28. The molecule has 8 heteroatoms. The highest BCUT2D eigenvalue weighted by atomic mass is 19.1. The maximum absolute atomic E-state index is 13.0. The van der Waals surface area contributed by atoms with Gasteiger partial charge >= 0.3 is 6.09 Å². The standard InChI is InChI=1S/C19H21FN4O3/c20-15-4-1-13(2-5-15)14-3-6-18(22-11-14)23-9-7-16(8-10-23)24(19(26)27)12-17(21)25/h1-6,11,16H,7-10,12H2,(H2,21,25)(H,26,27). The minimum atomic E-state index is -1.13. The van der Waals surface area contributed by atoms with Crippen molar-refractivity contribution in [2.75, 3.05) is 24.5 Å². The summed E-state index contributed by atoms with van der Waals surface area (Å²) in [7, 11) is 0. The third-order valence-electron chi connectivity index (χ3n) is 4.73. The lowest BCUT2D eigenvalue weighted by Crippen LogP contribution is -2.49. The van der Waals surface area contributed by atoms with Gasteiger partial charge in [-0.2, -0.15) is 0 Å². The number of nitrogens with two attached hydrogens (primary N) is 1. The number of primary amides is 1. The lowest BCUT2D eigenvalue weighted by atomic mass is 10.0. The summed E-state index contributed by atoms with van der Waals surface area (Å²) in [5.41, 5.74) is 6.92. The minimum absolute atomic E-state index is 0.232. The van der Waals surface area contributed by atoms with E-state index >= 15 is 0 Å². The monoisotopic (exact) mass is 372 g/mol. The predicted octanol–water partition coefficient (Wildman–Crippen LogP) is 2.32. The smallest absolute Gasteiger partial charge is 0.408 e. The van der Waals surface area contributed by atoms with Gasteiger partial charge in [0.2, 0.25) is 5.91 Å². The highest BCUT2D eigenvalue weighted by molar-refractivity contribution is 5.80. The van der Waals surface area contributed by atoms with E-state index in [1.54, 1.807) is 18.3 Å². The molecule has 2 aromatic rings. The van der Waals surface area contributed by atoms with E-state index in [0.717, 1.165) is 21.8 Å². The number of aromatic nitrogens is 1. The number of carbonyl (C=O) groups excluding carboxylic acids is 1. The van der Waals surface area contributed by atoms with Gasteiger partial charge in [-0.3, -0.25) is 9.69 Å². The molecule has 0 radical (unpaired) electrons. The van der Waals surface area contributed by atoms with Crippen molar-refractivity contribution in [1.29, 1.82) is 0 Å². The third kappa shape index (κ3) is 4.52. The van der Waals surface area contributed by atoms with E-state index in [4.69, 9.17) is 5.73 Å². The van der Waals surface area contributed by atoms with Crippen LogP contribution in [-0.4, -0.2) is 52.7 Å². The number of carboxylic acid groups (broad SMARTS) is 1. The first-order valence-corrected chi connectivity index (χ1v) is 8.69. The summed E-state index contributed by atoms with van der Waals surface area (Å²) < 4.78 is 13.0. The van der Waals surface area contributed by atoms with Gasteiger partial charge in [-0.25, -0.2) is 14.2 Å². The van der Waals surface area contributed by atoms with E-state index in [9.17, 15) is 19.1 Å². The van der Waals surface area contributed by atoms with Crippen LogP contribution in [0, 0.1) is 5.82 Å². The van der Waals surface area contributed by atoms with E-state index in [1.165, 1.54) is 12.1 Å². The summed E-state index contributed by atoms with van der Waals surface area (Å²) in [6.45, 7) is 0.983. The van der Waals surface area contributed by atoms with Crippen molar-refractivity contribution in [2.45, 2.75) is 18.9 Å². The summed E-state index contributed by atoms with van der Waals surface area (Å²) in [4.78, 5) is 30.1. The molecule has 3 rings (SSSR count). The molecule has 0 saturated carbocycles. The van der Waals surface area contributed by atoms with Gasteiger partial charge in [0.25, 0.3) is 0 Å². The minimum Gasteiger partial charge on any atom is -0.465 e. The normalized spacial score (nSPS) is 14.8. The number of hydrogen-bond donors (Lipinski definition) is 2. The molecule has 0 atom stereocenters. The Morgan fingerprint density at radius 1 is 1.15 bits per heavy atom. The van der Waals surface area contributed by atoms with Crippen LogP contribution in [0.15, 0.2) is 42.6 Å². The Morgan fingerprint density at radius 3 is 2.30 bits per heavy atom. The second kappa shape index (κ2) is 8.03. The lowest BCUT2D eigenvalue weighted by Gasteiger charge is -2.37. The summed E-state index contributed by atoms with van der Waals surface area (Å²) >= 11 is 0. The van der Waals surface area contributed by atoms with Crippen LogP contribution in [0.3, 0.4) is 0 Å². The number of pyridine rings is 1. The van der Waals surface area contributed by atoms with Crippen LogP contribution in [0.5, 0.6) is 0 Å². The molecular weight excluding hydrogens is 351 g/mol. The zero-order valence-electron chi connectivity index (χ0n) is 14.7. The topological polar surface area (TPSA) is 99.8 Å². The highest BCUT2D eigenvalue weighted by Gasteiger charge is 2.29. The van der Waals surface area contributed by atoms with Crippen LogP contribution < -0.4 is 10.6 Å². The van der Waals surface area contributed by atoms with Crippen molar-refractivity contribution in [3.05, 3.63) is 48.4 Å². The number of carbonyl (C=O) groups is 2. The molecular formula is C19H21FN4O3. The maximum atomic E-state index is 13.0. The Morgan fingerprint density at radius 2 is 1.78 bits per heavy atom. The summed E-state index contributed by atoms with van der Waals surface area (Å²) in [6.07, 6.45) is 1.81. The van der Waals surface area contributed by atoms with Crippen LogP contribution >= 0.6 is 0 Å². The number of hydrogen-bond acceptors (Lipinski definition) is 4. The number of rotatable bonds is 5. The quantitative estimate of drug-likeness (QED) is 0.839. The zero-order valence-corrected chi connectivity index (χ0v) is 14.7. The Bertz CT molecular complexity index is 803. The first-order valence-electron chi connectivity index (χ1n) is 8.69. The van der Waals surface area contributed by atoms with Crippen molar-refractivity contribution >= 4 is 17.8 Å². The van der Waals surface area contributed by atoms with Crippen molar-refractivity contribution in [2.24, 2.45) is 5.73 Å². The van der Waals surface area contributed by atoms with E-state index in [2.05, 4.69) is 9.88 Å². The van der Waals surface area contributed by atoms with Crippen molar-refractivity contribution in [3.63, 3.8) is 0 Å². The van der Waals surface area contributed by atoms with Crippen LogP contribution in [0.2, 0.25) is 0 Å². The Hall–Kier alpha value is -3.16. The van der Waals surface area contributed by atoms with Crippen LogP contribution in [0.1, 0.15) is 12.8 Å². The van der Waals surface area contributed by atoms with Gasteiger partial charge in [-0.05, 0) is 42.7 Å². The molecule has 1 aliphatic rings. The third-order valence-corrected chi connectivity index (χ3v) is 4.73. The number of halogens is 1. The van der Waals surface area contributed by atoms with Crippen LogP contribution in [0.4, 0.5) is 15.0 Å². The average Bonchev–Trinajstić information content (AvgIpc) is 2.67. The fourth-order valence-corrected chi connectivity index (χ4v) is 3.31. The zero-order chi connectivity index (χ0) is 19.4. The Kier molecular flexibility index (Phi) is 5.54. The second-order valence-electron chi connectivity index (χ2n) is 6.51. The Balaban J connectivity index is 1.63. The molecule has 0 spiro atoms. The second-order valence-corrected chi connectivity index (χ2v) is 6.51. The van der Waals surface area contributed by atoms with E-state index in [1.807, 2.05) is 12.1 Å². The number of anilines is 1. The first-order chi connectivity index (χ1) is 12.9. The SMILES string of the molecule is NC(=O)CN(C(=O)O)C1CCN(c2ccc(-c3ccc(F)cc3)cn2)CC1. The van der Waals surface area contributed by atoms with Gasteiger partial charge in [0.15, 0.2) is 0 Å². The molecule has 0 bridgehead atoms. The van der Waals surface area contributed by atoms with Crippen molar-refractivity contribution in [3.8, 4) is 11.1 Å². The molecule has 3 N–H and O–H groups in total. The fraction of sp³-hybridized carbons (Fsp3) is 0.316. The molecule has 142 valence electrons. The molecule has 1 saturated heterocycles. The largest absolute Gasteiger partial charge is 0.465 e. The van der Waals surface area contributed by atoms with E-state index in [0.29, 0.717) is 25.9 Å².